The first-order valence-electron chi connectivity index (χ1n) is 8.87. The van der Waals surface area contributed by atoms with Crippen molar-refractivity contribution in [1.29, 1.82) is 0 Å². The van der Waals surface area contributed by atoms with Crippen LogP contribution in [0.4, 0.5) is 0 Å². The fourth-order valence-electron chi connectivity index (χ4n) is 2.88. The largest absolute Gasteiger partial charge is 0.496 e. The van der Waals surface area contributed by atoms with E-state index >= 15 is 0 Å². The van der Waals surface area contributed by atoms with Gasteiger partial charge in [-0.25, -0.2) is 0 Å². The van der Waals surface area contributed by atoms with Crippen molar-refractivity contribution in [2.75, 3.05) is 27.2 Å². The summed E-state index contributed by atoms with van der Waals surface area (Å²) >= 11 is 6.07. The zero-order valence-electron chi connectivity index (χ0n) is 16.0. The van der Waals surface area contributed by atoms with E-state index in [1.807, 2.05) is 36.4 Å². The number of hydrogen-bond acceptors (Lipinski definition) is 3. The van der Waals surface area contributed by atoms with Gasteiger partial charge in [-0.2, -0.15) is 0 Å². The highest BCUT2D eigenvalue weighted by Crippen LogP contribution is 2.24. The van der Waals surface area contributed by atoms with Crippen molar-refractivity contribution < 1.29 is 9.53 Å². The number of rotatable bonds is 8. The van der Waals surface area contributed by atoms with E-state index in [4.69, 9.17) is 16.3 Å². The molecule has 5 heteroatoms. The number of carbonyl (C=O) groups is 1. The summed E-state index contributed by atoms with van der Waals surface area (Å²) in [5.74, 6) is 0.699. The second-order valence-electron chi connectivity index (χ2n) is 6.28. The normalized spacial score (nSPS) is 10.8. The van der Waals surface area contributed by atoms with Gasteiger partial charge in [0.15, 0.2) is 0 Å². The Bertz CT molecular complexity index is 727. The lowest BCUT2D eigenvalue weighted by atomic mass is 10.1. The quantitative estimate of drug-likeness (QED) is 0.683. The zero-order valence-corrected chi connectivity index (χ0v) is 16.7. The summed E-state index contributed by atoms with van der Waals surface area (Å²) < 4.78 is 5.36. The topological polar surface area (TPSA) is 32.8 Å². The lowest BCUT2D eigenvalue weighted by Gasteiger charge is -2.20. The molecule has 0 bridgehead atoms. The Kier molecular flexibility index (Phi) is 7.49. The third kappa shape index (κ3) is 5.23. The monoisotopic (exact) mass is 374 g/mol. The maximum Gasteiger partial charge on any atom is 0.253 e. The van der Waals surface area contributed by atoms with Crippen LogP contribution in [0.25, 0.3) is 0 Å². The van der Waals surface area contributed by atoms with Crippen molar-refractivity contribution in [1.82, 2.24) is 9.80 Å². The molecule has 0 saturated heterocycles. The maximum absolute atomic E-state index is 12.7. The minimum Gasteiger partial charge on any atom is -0.496 e. The van der Waals surface area contributed by atoms with Crippen LogP contribution in [-0.4, -0.2) is 43.0 Å². The molecule has 0 saturated carbocycles. The van der Waals surface area contributed by atoms with Gasteiger partial charge in [0.1, 0.15) is 5.75 Å². The third-order valence-electron chi connectivity index (χ3n) is 4.50. The van der Waals surface area contributed by atoms with Gasteiger partial charge >= 0.3 is 0 Å². The Labute approximate surface area is 161 Å². The number of benzene rings is 2. The van der Waals surface area contributed by atoms with Crippen LogP contribution in [0, 0.1) is 0 Å². The van der Waals surface area contributed by atoms with E-state index in [2.05, 4.69) is 18.7 Å². The van der Waals surface area contributed by atoms with Gasteiger partial charge in [0.2, 0.25) is 0 Å². The van der Waals surface area contributed by atoms with Gasteiger partial charge in [-0.3, -0.25) is 9.69 Å². The molecule has 0 N–H and O–H groups in total. The van der Waals surface area contributed by atoms with Gasteiger partial charge in [0, 0.05) is 36.3 Å². The molecule has 0 fully saturated rings. The fraction of sp³-hybridized carbons (Fsp3) is 0.381. The van der Waals surface area contributed by atoms with E-state index in [9.17, 15) is 4.79 Å². The van der Waals surface area contributed by atoms with Crippen molar-refractivity contribution >= 4 is 17.5 Å². The highest BCUT2D eigenvalue weighted by molar-refractivity contribution is 6.30. The van der Waals surface area contributed by atoms with Crippen LogP contribution in [0.2, 0.25) is 5.02 Å². The lowest BCUT2D eigenvalue weighted by molar-refractivity contribution is 0.0784. The molecule has 0 unspecified atom stereocenters. The van der Waals surface area contributed by atoms with Crippen molar-refractivity contribution in [2.24, 2.45) is 0 Å². The Morgan fingerprint density at radius 2 is 1.69 bits per heavy atom. The number of carbonyl (C=O) groups excluding carboxylic acids is 1. The maximum atomic E-state index is 12.7. The van der Waals surface area contributed by atoms with Crippen LogP contribution in [0.1, 0.15) is 35.3 Å². The van der Waals surface area contributed by atoms with Crippen molar-refractivity contribution in [3.63, 3.8) is 0 Å². The molecular weight excluding hydrogens is 348 g/mol. The van der Waals surface area contributed by atoms with E-state index in [0.717, 1.165) is 30.9 Å². The van der Waals surface area contributed by atoms with E-state index < -0.39 is 0 Å². The Balaban J connectivity index is 2.07. The summed E-state index contributed by atoms with van der Waals surface area (Å²) in [6, 6.07) is 13.3. The molecular formula is C21H27ClN2O2. The molecule has 140 valence electrons. The number of hydrogen-bond donors (Lipinski definition) is 0. The Morgan fingerprint density at radius 1 is 1.04 bits per heavy atom. The van der Waals surface area contributed by atoms with Gasteiger partial charge < -0.3 is 9.64 Å². The van der Waals surface area contributed by atoms with Gasteiger partial charge in [0.25, 0.3) is 5.91 Å². The van der Waals surface area contributed by atoms with E-state index in [0.29, 0.717) is 17.1 Å². The minimum atomic E-state index is -0.0265. The minimum absolute atomic E-state index is 0.0265. The first-order valence-corrected chi connectivity index (χ1v) is 9.25. The molecule has 1 amide bonds. The molecule has 4 nitrogen and oxygen atoms in total. The SMILES string of the molecule is CCN(CC)Cc1ccc(C(=O)N(C)Cc2cc(Cl)ccc2OC)cc1. The van der Waals surface area contributed by atoms with Crippen molar-refractivity contribution in [2.45, 2.75) is 26.9 Å². The second kappa shape index (κ2) is 9.60. The van der Waals surface area contributed by atoms with Gasteiger partial charge in [0.05, 0.1) is 7.11 Å². The predicted molar refractivity (Wildman–Crippen MR) is 107 cm³/mol. The standard InChI is InChI=1S/C21H27ClN2O2/c1-5-24(6-2)14-16-7-9-17(10-8-16)21(25)23(3)15-18-13-19(22)11-12-20(18)26-4/h7-13H,5-6,14-15H2,1-4H3. The number of nitrogens with zero attached hydrogens (tertiary/aromatic N) is 2. The highest BCUT2D eigenvalue weighted by atomic mass is 35.5. The first-order chi connectivity index (χ1) is 12.5. The summed E-state index contributed by atoms with van der Waals surface area (Å²) in [5, 5.41) is 0.627. The van der Waals surface area contributed by atoms with E-state index in [1.54, 1.807) is 25.1 Å². The van der Waals surface area contributed by atoms with Crippen LogP contribution in [-0.2, 0) is 13.1 Å². The van der Waals surface area contributed by atoms with Crippen LogP contribution < -0.4 is 4.74 Å². The molecule has 0 aliphatic carbocycles. The summed E-state index contributed by atoms with van der Waals surface area (Å²) in [6.07, 6.45) is 0. The summed E-state index contributed by atoms with van der Waals surface area (Å²) in [6.45, 7) is 7.67. The fourth-order valence-corrected chi connectivity index (χ4v) is 3.07. The number of halogens is 1. The smallest absolute Gasteiger partial charge is 0.253 e. The molecule has 2 aromatic carbocycles. The van der Waals surface area contributed by atoms with E-state index in [-0.39, 0.29) is 5.91 Å². The van der Waals surface area contributed by atoms with Crippen LogP contribution in [0.15, 0.2) is 42.5 Å². The average molecular weight is 375 g/mol. The molecule has 0 aromatic heterocycles. The molecule has 0 aliphatic rings. The molecule has 26 heavy (non-hydrogen) atoms. The van der Waals surface area contributed by atoms with Gasteiger partial charge in [-0.15, -0.1) is 0 Å². The van der Waals surface area contributed by atoms with Crippen molar-refractivity contribution in [3.8, 4) is 5.75 Å². The number of amides is 1. The molecule has 0 spiro atoms. The van der Waals surface area contributed by atoms with Gasteiger partial charge in [-0.05, 0) is 49.0 Å². The second-order valence-corrected chi connectivity index (χ2v) is 6.71. The first kappa shape index (κ1) is 20.3. The Hall–Kier alpha value is -2.04. The zero-order chi connectivity index (χ0) is 19.1. The van der Waals surface area contributed by atoms with Crippen LogP contribution in [0.5, 0.6) is 5.75 Å². The van der Waals surface area contributed by atoms with E-state index in [1.165, 1.54) is 5.56 Å². The molecule has 0 radical (unpaired) electrons. The number of methoxy groups -OCH3 is 1. The highest BCUT2D eigenvalue weighted by Gasteiger charge is 2.15. The summed E-state index contributed by atoms with van der Waals surface area (Å²) in [7, 11) is 3.40. The Morgan fingerprint density at radius 3 is 2.27 bits per heavy atom. The molecule has 0 heterocycles. The lowest BCUT2D eigenvalue weighted by Crippen LogP contribution is -2.26. The molecule has 0 aliphatic heterocycles. The predicted octanol–water partition coefficient (Wildman–Crippen LogP) is 4.46. The third-order valence-corrected chi connectivity index (χ3v) is 4.73. The van der Waals surface area contributed by atoms with Crippen LogP contribution in [0.3, 0.4) is 0 Å². The van der Waals surface area contributed by atoms with Crippen molar-refractivity contribution in [3.05, 3.63) is 64.2 Å². The molecule has 2 aromatic rings. The summed E-state index contributed by atoms with van der Waals surface area (Å²) in [4.78, 5) is 16.7. The van der Waals surface area contributed by atoms with Gasteiger partial charge in [-0.1, -0.05) is 37.6 Å². The molecule has 2 rings (SSSR count). The number of ether oxygens (including phenoxy) is 1. The molecule has 0 atom stereocenters. The van der Waals surface area contributed by atoms with Crippen LogP contribution >= 0.6 is 11.6 Å². The summed E-state index contributed by atoms with van der Waals surface area (Å²) in [5.41, 5.74) is 2.77. The average Bonchev–Trinajstić information content (AvgIpc) is 2.66.